The van der Waals surface area contributed by atoms with Crippen LogP contribution in [0.15, 0.2) is 39.1 Å². The Labute approximate surface area is 126 Å². The lowest BCUT2D eigenvalue weighted by atomic mass is 10.2. The van der Waals surface area contributed by atoms with Crippen molar-refractivity contribution >= 4 is 23.4 Å². The molecule has 6 heteroatoms. The fraction of sp³-hybridized carbons (Fsp3) is 0.286. The second-order valence-electron chi connectivity index (χ2n) is 4.35. The average molecular weight is 310 g/mol. The summed E-state index contributed by atoms with van der Waals surface area (Å²) in [5.74, 6) is 0. The van der Waals surface area contributed by atoms with E-state index in [4.69, 9.17) is 17.3 Å². The highest BCUT2D eigenvalue weighted by Gasteiger charge is 2.06. The summed E-state index contributed by atoms with van der Waals surface area (Å²) in [6.45, 7) is 2.46. The maximum absolute atomic E-state index is 11.6. The molecule has 4 nitrogen and oxygen atoms in total. The normalized spacial score (nSPS) is 10.8. The zero-order valence-corrected chi connectivity index (χ0v) is 12.7. The van der Waals surface area contributed by atoms with Gasteiger partial charge in [0.1, 0.15) is 0 Å². The fourth-order valence-electron chi connectivity index (χ4n) is 1.78. The standard InChI is InChI=1S/C14H16ClN3OS/c1-2-3-10-6-13(19)18-14(17-10)20-11-5-4-9(8-16)12(15)7-11/h4-7H,2-3,8,16H2,1H3,(H,17,18,19). The summed E-state index contributed by atoms with van der Waals surface area (Å²) >= 11 is 7.51. The third-order valence-corrected chi connectivity index (χ3v) is 3.97. The molecule has 0 aliphatic rings. The molecule has 1 heterocycles. The molecule has 0 bridgehead atoms. The summed E-state index contributed by atoms with van der Waals surface area (Å²) in [7, 11) is 0. The molecular weight excluding hydrogens is 294 g/mol. The predicted molar refractivity (Wildman–Crippen MR) is 82.3 cm³/mol. The summed E-state index contributed by atoms with van der Waals surface area (Å²) in [6, 6.07) is 7.18. The molecule has 20 heavy (non-hydrogen) atoms. The van der Waals surface area contributed by atoms with Crippen LogP contribution in [-0.2, 0) is 13.0 Å². The number of hydrogen-bond acceptors (Lipinski definition) is 4. The van der Waals surface area contributed by atoms with Crippen molar-refractivity contribution in [2.45, 2.75) is 36.4 Å². The van der Waals surface area contributed by atoms with E-state index in [2.05, 4.69) is 16.9 Å². The quantitative estimate of drug-likeness (QED) is 0.833. The van der Waals surface area contributed by atoms with Gasteiger partial charge in [-0.25, -0.2) is 4.98 Å². The summed E-state index contributed by atoms with van der Waals surface area (Å²) in [4.78, 5) is 19.7. The van der Waals surface area contributed by atoms with E-state index in [1.807, 2.05) is 18.2 Å². The minimum absolute atomic E-state index is 0.129. The molecule has 3 N–H and O–H groups in total. The Kier molecular flexibility index (Phi) is 5.23. The molecule has 0 radical (unpaired) electrons. The number of nitrogens with two attached hydrogens (primary N) is 1. The average Bonchev–Trinajstić information content (AvgIpc) is 2.38. The van der Waals surface area contributed by atoms with Crippen molar-refractivity contribution in [3.05, 3.63) is 50.9 Å². The highest BCUT2D eigenvalue weighted by Crippen LogP contribution is 2.28. The van der Waals surface area contributed by atoms with Crippen LogP contribution in [0.5, 0.6) is 0 Å². The Morgan fingerprint density at radius 3 is 2.85 bits per heavy atom. The summed E-state index contributed by atoms with van der Waals surface area (Å²) < 4.78 is 0. The first-order valence-electron chi connectivity index (χ1n) is 6.39. The predicted octanol–water partition coefficient (Wildman–Crippen LogP) is 2.99. The van der Waals surface area contributed by atoms with Crippen LogP contribution in [0.2, 0.25) is 5.02 Å². The van der Waals surface area contributed by atoms with Gasteiger partial charge in [-0.3, -0.25) is 4.79 Å². The summed E-state index contributed by atoms with van der Waals surface area (Å²) in [5, 5.41) is 1.21. The van der Waals surface area contributed by atoms with Gasteiger partial charge in [0.25, 0.3) is 5.56 Å². The minimum Gasteiger partial charge on any atom is -0.326 e. The lowest BCUT2D eigenvalue weighted by Gasteiger charge is -2.06. The van der Waals surface area contributed by atoms with Crippen molar-refractivity contribution in [3.8, 4) is 0 Å². The molecule has 0 amide bonds. The largest absolute Gasteiger partial charge is 0.326 e. The molecule has 0 atom stereocenters. The van der Waals surface area contributed by atoms with E-state index < -0.39 is 0 Å². The lowest BCUT2D eigenvalue weighted by molar-refractivity contribution is 0.816. The highest BCUT2D eigenvalue weighted by atomic mass is 35.5. The maximum Gasteiger partial charge on any atom is 0.251 e. The van der Waals surface area contributed by atoms with Gasteiger partial charge >= 0.3 is 0 Å². The number of hydrogen-bond donors (Lipinski definition) is 2. The first-order chi connectivity index (χ1) is 9.62. The van der Waals surface area contributed by atoms with E-state index in [0.717, 1.165) is 29.0 Å². The molecule has 0 spiro atoms. The number of aryl methyl sites for hydroxylation is 1. The Hall–Kier alpha value is -1.30. The van der Waals surface area contributed by atoms with E-state index in [1.54, 1.807) is 0 Å². The first kappa shape index (κ1) is 15.1. The van der Waals surface area contributed by atoms with Crippen LogP contribution in [0.25, 0.3) is 0 Å². The fourth-order valence-corrected chi connectivity index (χ4v) is 2.96. The third-order valence-electron chi connectivity index (χ3n) is 2.74. The molecular formula is C14H16ClN3OS. The number of aromatic nitrogens is 2. The molecule has 2 rings (SSSR count). The first-order valence-corrected chi connectivity index (χ1v) is 7.58. The number of aromatic amines is 1. The number of H-pyrrole nitrogens is 1. The summed E-state index contributed by atoms with van der Waals surface area (Å²) in [5.41, 5.74) is 7.16. The van der Waals surface area contributed by atoms with Crippen LogP contribution in [-0.4, -0.2) is 9.97 Å². The Bertz CT molecular complexity index is 657. The zero-order valence-electron chi connectivity index (χ0n) is 11.1. The van der Waals surface area contributed by atoms with Crippen LogP contribution in [0.3, 0.4) is 0 Å². The van der Waals surface area contributed by atoms with Crippen molar-refractivity contribution in [3.63, 3.8) is 0 Å². The van der Waals surface area contributed by atoms with E-state index >= 15 is 0 Å². The van der Waals surface area contributed by atoms with E-state index in [9.17, 15) is 4.79 Å². The van der Waals surface area contributed by atoms with Crippen LogP contribution in [0.1, 0.15) is 24.6 Å². The second-order valence-corrected chi connectivity index (χ2v) is 5.82. The molecule has 1 aromatic carbocycles. The van der Waals surface area contributed by atoms with Gasteiger partial charge in [-0.15, -0.1) is 0 Å². The number of nitrogens with one attached hydrogen (secondary N) is 1. The smallest absolute Gasteiger partial charge is 0.251 e. The second kappa shape index (κ2) is 6.92. The van der Waals surface area contributed by atoms with E-state index in [0.29, 0.717) is 16.7 Å². The molecule has 1 aromatic heterocycles. The van der Waals surface area contributed by atoms with Crippen molar-refractivity contribution in [2.24, 2.45) is 5.73 Å². The van der Waals surface area contributed by atoms with Gasteiger partial charge in [0.2, 0.25) is 0 Å². The van der Waals surface area contributed by atoms with E-state index in [-0.39, 0.29) is 5.56 Å². The van der Waals surface area contributed by atoms with Crippen LogP contribution in [0, 0.1) is 0 Å². The molecule has 0 saturated carbocycles. The number of rotatable bonds is 5. The van der Waals surface area contributed by atoms with Gasteiger partial charge in [0.05, 0.1) is 0 Å². The molecule has 106 valence electrons. The number of benzene rings is 1. The van der Waals surface area contributed by atoms with Gasteiger partial charge in [0, 0.05) is 28.2 Å². The van der Waals surface area contributed by atoms with Gasteiger partial charge in [0.15, 0.2) is 5.16 Å². The number of halogens is 1. The van der Waals surface area contributed by atoms with Gasteiger partial charge in [-0.2, -0.15) is 0 Å². The maximum atomic E-state index is 11.6. The third kappa shape index (κ3) is 3.85. The Morgan fingerprint density at radius 1 is 1.40 bits per heavy atom. The van der Waals surface area contributed by atoms with Crippen molar-refractivity contribution in [1.29, 1.82) is 0 Å². The van der Waals surface area contributed by atoms with Crippen molar-refractivity contribution in [2.75, 3.05) is 0 Å². The number of nitrogens with zero attached hydrogens (tertiary/aromatic N) is 1. The Morgan fingerprint density at radius 2 is 2.20 bits per heavy atom. The van der Waals surface area contributed by atoms with Crippen LogP contribution in [0.4, 0.5) is 0 Å². The van der Waals surface area contributed by atoms with Crippen LogP contribution >= 0.6 is 23.4 Å². The van der Waals surface area contributed by atoms with E-state index in [1.165, 1.54) is 17.8 Å². The molecule has 0 unspecified atom stereocenters. The lowest BCUT2D eigenvalue weighted by Crippen LogP contribution is -2.09. The summed E-state index contributed by atoms with van der Waals surface area (Å²) in [6.07, 6.45) is 1.75. The van der Waals surface area contributed by atoms with Crippen molar-refractivity contribution < 1.29 is 0 Å². The molecule has 2 aromatic rings. The van der Waals surface area contributed by atoms with Gasteiger partial charge in [-0.05, 0) is 24.1 Å². The SMILES string of the molecule is CCCc1cc(=O)[nH]c(Sc2ccc(CN)c(Cl)c2)n1. The van der Waals surface area contributed by atoms with Gasteiger partial charge in [-0.1, -0.05) is 42.8 Å². The van der Waals surface area contributed by atoms with Crippen molar-refractivity contribution in [1.82, 2.24) is 9.97 Å². The Balaban J connectivity index is 2.25. The van der Waals surface area contributed by atoms with Gasteiger partial charge < -0.3 is 10.7 Å². The highest BCUT2D eigenvalue weighted by molar-refractivity contribution is 7.99. The molecule has 0 aliphatic carbocycles. The van der Waals surface area contributed by atoms with Crippen LogP contribution < -0.4 is 11.3 Å². The molecule has 0 saturated heterocycles. The monoisotopic (exact) mass is 309 g/mol. The minimum atomic E-state index is -0.129. The molecule has 0 aliphatic heterocycles. The molecule has 0 fully saturated rings. The zero-order chi connectivity index (χ0) is 14.5. The topological polar surface area (TPSA) is 71.8 Å².